The number of carbonyl (C=O) groups is 2. The van der Waals surface area contributed by atoms with E-state index in [9.17, 15) is 14.0 Å². The molecule has 0 aliphatic carbocycles. The Morgan fingerprint density at radius 1 is 1.10 bits per heavy atom. The zero-order valence-electron chi connectivity index (χ0n) is 18.5. The van der Waals surface area contributed by atoms with Crippen molar-refractivity contribution in [2.24, 2.45) is 0 Å². The first-order valence-electron chi connectivity index (χ1n) is 10.4. The van der Waals surface area contributed by atoms with Crippen molar-refractivity contribution < 1.29 is 18.7 Å². The summed E-state index contributed by atoms with van der Waals surface area (Å²) in [6, 6.07) is 12.4. The zero-order valence-corrected chi connectivity index (χ0v) is 19.5. The first kappa shape index (κ1) is 24.0. The van der Waals surface area contributed by atoms with E-state index in [1.165, 1.54) is 12.1 Å². The van der Waals surface area contributed by atoms with Crippen LogP contribution in [0.2, 0.25) is 0 Å². The van der Waals surface area contributed by atoms with Gasteiger partial charge in [-0.15, -0.1) is 0 Å². The summed E-state index contributed by atoms with van der Waals surface area (Å²) < 4.78 is 19.1. The molecule has 0 fully saturated rings. The molecule has 2 aromatic carbocycles. The van der Waals surface area contributed by atoms with Gasteiger partial charge in [0.15, 0.2) is 0 Å². The van der Waals surface area contributed by atoms with Gasteiger partial charge in [0.25, 0.3) is 0 Å². The Labute approximate surface area is 179 Å². The number of amides is 1. The molecule has 0 radical (unpaired) electrons. The predicted octanol–water partition coefficient (Wildman–Crippen LogP) is 5.30. The molecular formula is C24H33FNO3P. The number of aryl methyl sites for hydroxylation is 2. The van der Waals surface area contributed by atoms with Crippen LogP contribution in [0.4, 0.5) is 10.1 Å². The molecule has 4 nitrogen and oxygen atoms in total. The molecule has 6 heteroatoms. The molecule has 0 heterocycles. The Morgan fingerprint density at radius 3 is 2.27 bits per heavy atom. The average Bonchev–Trinajstić information content (AvgIpc) is 2.67. The minimum absolute atomic E-state index is 0.0952. The maximum atomic E-state index is 13.6. The van der Waals surface area contributed by atoms with Crippen molar-refractivity contribution in [3.8, 4) is 0 Å². The maximum absolute atomic E-state index is 13.6. The Hall–Kier alpha value is -2.26. The fraction of sp³-hybridized carbons (Fsp3) is 0.417. The fourth-order valence-electron chi connectivity index (χ4n) is 3.77. The summed E-state index contributed by atoms with van der Waals surface area (Å²) in [4.78, 5) is 25.7. The van der Waals surface area contributed by atoms with E-state index < -0.39 is 7.26 Å². The van der Waals surface area contributed by atoms with E-state index in [-0.39, 0.29) is 36.1 Å². The van der Waals surface area contributed by atoms with E-state index in [1.54, 1.807) is 13.8 Å². The van der Waals surface area contributed by atoms with Crippen LogP contribution in [0.1, 0.15) is 36.5 Å². The molecule has 2 rings (SSSR count). The number of carbonyl (C=O) groups excluding carboxylic acids is 2. The number of esters is 1. The number of benzene rings is 2. The molecule has 0 saturated carbocycles. The average molecular weight is 434 g/mol. The van der Waals surface area contributed by atoms with E-state index >= 15 is 0 Å². The Kier molecular flexibility index (Phi) is 8.54. The molecule has 1 unspecified atom stereocenters. The van der Waals surface area contributed by atoms with Crippen LogP contribution in [0, 0.1) is 19.7 Å². The summed E-state index contributed by atoms with van der Waals surface area (Å²) in [5.74, 6) is -0.676. The molecule has 1 amide bonds. The molecule has 0 aromatic heterocycles. The number of ether oxygens (including phenoxy) is 1. The van der Waals surface area contributed by atoms with Crippen LogP contribution in [0.25, 0.3) is 0 Å². The number of anilines is 1. The number of rotatable bonds is 9. The van der Waals surface area contributed by atoms with E-state index in [4.69, 9.17) is 4.74 Å². The van der Waals surface area contributed by atoms with Gasteiger partial charge in [0.2, 0.25) is 0 Å². The van der Waals surface area contributed by atoms with Crippen LogP contribution in [0.5, 0.6) is 0 Å². The Bertz CT molecular complexity index is 860. The third-order valence-electron chi connectivity index (χ3n) is 5.43. The standard InChI is InChI=1S/C24H33FNO3P/c1-6-10-21(24(28)26-23-17(2)13-20(25)14-18(23)3)30(4,5)16-22(27)29-15-19-11-8-7-9-12-19/h7-9,11-14,21,30H,6,10,15-16H2,1-5H3,(H,26,28). The number of hydrogen-bond donors (Lipinski definition) is 1. The second-order valence-electron chi connectivity index (χ2n) is 8.56. The minimum atomic E-state index is -2.28. The fourth-order valence-corrected chi connectivity index (χ4v) is 6.71. The van der Waals surface area contributed by atoms with Crippen LogP contribution in [0.3, 0.4) is 0 Å². The number of nitrogens with one attached hydrogen (secondary N) is 1. The van der Waals surface area contributed by atoms with Gasteiger partial charge in [-0.05, 0) is 0 Å². The second kappa shape index (κ2) is 10.7. The van der Waals surface area contributed by atoms with Gasteiger partial charge >= 0.3 is 179 Å². The Balaban J connectivity index is 2.08. The van der Waals surface area contributed by atoms with Crippen molar-refractivity contribution in [1.82, 2.24) is 0 Å². The van der Waals surface area contributed by atoms with Crippen molar-refractivity contribution in [3.63, 3.8) is 0 Å². The van der Waals surface area contributed by atoms with Crippen molar-refractivity contribution in [2.75, 3.05) is 24.8 Å². The zero-order chi connectivity index (χ0) is 22.3. The van der Waals surface area contributed by atoms with Crippen molar-refractivity contribution in [1.29, 1.82) is 0 Å². The van der Waals surface area contributed by atoms with Crippen LogP contribution < -0.4 is 5.32 Å². The van der Waals surface area contributed by atoms with Crippen molar-refractivity contribution >= 4 is 24.8 Å². The van der Waals surface area contributed by atoms with E-state index in [0.717, 1.165) is 12.0 Å². The van der Waals surface area contributed by atoms with Gasteiger partial charge in [-0.25, -0.2) is 0 Å². The van der Waals surface area contributed by atoms with Gasteiger partial charge in [0.1, 0.15) is 0 Å². The van der Waals surface area contributed by atoms with Crippen LogP contribution >= 0.6 is 7.26 Å². The summed E-state index contributed by atoms with van der Waals surface area (Å²) in [6.45, 7) is 9.95. The van der Waals surface area contributed by atoms with Crippen LogP contribution in [-0.2, 0) is 20.9 Å². The topological polar surface area (TPSA) is 55.4 Å². The van der Waals surface area contributed by atoms with Crippen molar-refractivity contribution in [3.05, 3.63) is 65.0 Å². The first-order chi connectivity index (χ1) is 14.1. The van der Waals surface area contributed by atoms with Gasteiger partial charge in [-0.3, -0.25) is 0 Å². The quantitative estimate of drug-likeness (QED) is 0.431. The van der Waals surface area contributed by atoms with E-state index in [0.29, 0.717) is 23.2 Å². The molecule has 30 heavy (non-hydrogen) atoms. The van der Waals surface area contributed by atoms with Gasteiger partial charge in [-0.1, -0.05) is 0 Å². The molecule has 0 bridgehead atoms. The number of halogens is 1. The molecule has 0 aliphatic heterocycles. The molecule has 0 aliphatic rings. The summed E-state index contributed by atoms with van der Waals surface area (Å²) in [5.41, 5.74) is 2.74. The molecule has 1 atom stereocenters. The SMILES string of the molecule is CCCC(C(=O)Nc1c(C)cc(F)cc1C)[PH](C)(C)CC(=O)OCc1ccccc1. The second-order valence-corrected chi connectivity index (χ2v) is 13.6. The third-order valence-corrected chi connectivity index (χ3v) is 9.06. The van der Waals surface area contributed by atoms with Gasteiger partial charge < -0.3 is 0 Å². The van der Waals surface area contributed by atoms with Gasteiger partial charge in [-0.2, -0.15) is 0 Å². The summed E-state index contributed by atoms with van der Waals surface area (Å²) in [5, 5.41) is 3.00. The Morgan fingerprint density at radius 2 is 1.70 bits per heavy atom. The molecule has 0 saturated heterocycles. The predicted molar refractivity (Wildman–Crippen MR) is 124 cm³/mol. The molecular weight excluding hydrogens is 400 g/mol. The van der Waals surface area contributed by atoms with Crippen LogP contribution in [0.15, 0.2) is 42.5 Å². The number of hydrogen-bond acceptors (Lipinski definition) is 3. The summed E-state index contributed by atoms with van der Waals surface area (Å²) >= 11 is 0. The molecule has 2 aromatic rings. The van der Waals surface area contributed by atoms with Crippen molar-refractivity contribution in [2.45, 2.75) is 45.9 Å². The normalized spacial score (nSPS) is 12.9. The summed E-state index contributed by atoms with van der Waals surface area (Å²) in [6.07, 6.45) is 1.82. The molecule has 164 valence electrons. The monoisotopic (exact) mass is 433 g/mol. The molecule has 0 spiro atoms. The first-order valence-corrected chi connectivity index (χ1v) is 13.7. The third kappa shape index (κ3) is 6.63. The molecule has 1 N–H and O–H groups in total. The van der Waals surface area contributed by atoms with Crippen LogP contribution in [-0.4, -0.2) is 37.0 Å². The van der Waals surface area contributed by atoms with E-state index in [1.807, 2.05) is 37.3 Å². The van der Waals surface area contributed by atoms with Gasteiger partial charge in [0, 0.05) is 0 Å². The van der Waals surface area contributed by atoms with Gasteiger partial charge in [0.05, 0.1) is 0 Å². The summed E-state index contributed by atoms with van der Waals surface area (Å²) in [7, 11) is -2.28. The van der Waals surface area contributed by atoms with E-state index in [2.05, 4.69) is 18.6 Å².